The monoisotopic (exact) mass is 277 g/mol. The van der Waals surface area contributed by atoms with Gasteiger partial charge in [-0.3, -0.25) is 14.9 Å². The highest BCUT2D eigenvalue weighted by Gasteiger charge is 2.16. The normalized spacial score (nSPS) is 12.6. The van der Waals surface area contributed by atoms with Crippen molar-refractivity contribution in [2.45, 2.75) is 39.3 Å². The molecule has 0 aliphatic rings. The second-order valence-corrected chi connectivity index (χ2v) is 5.76. The lowest BCUT2D eigenvalue weighted by Crippen LogP contribution is -2.48. The molecule has 0 aliphatic carbocycles. The molecule has 0 aromatic heterocycles. The third-order valence-electron chi connectivity index (χ3n) is 2.52. The molecule has 110 valence electrons. The minimum Gasteiger partial charge on any atom is -0.350 e. The molecule has 0 saturated carbocycles. The highest BCUT2D eigenvalue weighted by atomic mass is 16.2. The molecule has 20 heavy (non-hydrogen) atoms. The zero-order valence-electron chi connectivity index (χ0n) is 12.5. The van der Waals surface area contributed by atoms with Crippen molar-refractivity contribution in [2.24, 2.45) is 0 Å². The summed E-state index contributed by atoms with van der Waals surface area (Å²) < 4.78 is 0. The first-order valence-corrected chi connectivity index (χ1v) is 6.68. The molecule has 1 aromatic rings. The number of para-hydroxylation sites is 1. The fourth-order valence-corrected chi connectivity index (χ4v) is 1.57. The van der Waals surface area contributed by atoms with Gasteiger partial charge in [0.05, 0.1) is 12.6 Å². The second-order valence-electron chi connectivity index (χ2n) is 5.76. The number of carbonyl (C=O) groups excluding carboxylic acids is 2. The fourth-order valence-electron chi connectivity index (χ4n) is 1.57. The van der Waals surface area contributed by atoms with Crippen molar-refractivity contribution in [3.63, 3.8) is 0 Å². The van der Waals surface area contributed by atoms with E-state index < -0.39 is 6.04 Å². The summed E-state index contributed by atoms with van der Waals surface area (Å²) in [6, 6.07) is 8.78. The van der Waals surface area contributed by atoms with Crippen LogP contribution < -0.4 is 16.0 Å². The summed E-state index contributed by atoms with van der Waals surface area (Å²) in [5, 5.41) is 8.51. The third-order valence-corrected chi connectivity index (χ3v) is 2.52. The van der Waals surface area contributed by atoms with Crippen LogP contribution in [0.4, 0.5) is 5.69 Å². The molecular weight excluding hydrogens is 254 g/mol. The zero-order valence-corrected chi connectivity index (χ0v) is 12.5. The number of rotatable bonds is 5. The summed E-state index contributed by atoms with van der Waals surface area (Å²) in [5.41, 5.74) is 0.471. The van der Waals surface area contributed by atoms with E-state index in [0.717, 1.165) is 5.69 Å². The van der Waals surface area contributed by atoms with Crippen molar-refractivity contribution in [1.29, 1.82) is 0 Å². The Balaban J connectivity index is 2.37. The lowest BCUT2D eigenvalue weighted by Gasteiger charge is -2.21. The molecular formula is C15H23N3O2. The Bertz CT molecular complexity index is 452. The highest BCUT2D eigenvalue weighted by molar-refractivity contribution is 5.94. The van der Waals surface area contributed by atoms with Crippen LogP contribution in [0.25, 0.3) is 0 Å². The average molecular weight is 277 g/mol. The molecule has 1 rings (SSSR count). The van der Waals surface area contributed by atoms with E-state index in [9.17, 15) is 9.59 Å². The van der Waals surface area contributed by atoms with Crippen LogP contribution in [0.15, 0.2) is 30.3 Å². The Morgan fingerprint density at radius 2 is 1.75 bits per heavy atom. The van der Waals surface area contributed by atoms with Crippen molar-refractivity contribution >= 4 is 17.5 Å². The van der Waals surface area contributed by atoms with Crippen LogP contribution in [-0.4, -0.2) is 29.9 Å². The maximum atomic E-state index is 11.9. The highest BCUT2D eigenvalue weighted by Crippen LogP contribution is 2.05. The van der Waals surface area contributed by atoms with Crippen LogP contribution in [0, 0.1) is 0 Å². The van der Waals surface area contributed by atoms with Gasteiger partial charge in [0.2, 0.25) is 11.8 Å². The number of anilines is 1. The Hall–Kier alpha value is -1.88. The van der Waals surface area contributed by atoms with Crippen LogP contribution in [0.2, 0.25) is 0 Å². The Morgan fingerprint density at radius 1 is 1.15 bits per heavy atom. The number of nitrogens with one attached hydrogen (secondary N) is 3. The molecule has 1 aromatic carbocycles. The largest absolute Gasteiger partial charge is 0.350 e. The van der Waals surface area contributed by atoms with E-state index in [4.69, 9.17) is 0 Å². The van der Waals surface area contributed by atoms with Gasteiger partial charge in [0.25, 0.3) is 0 Å². The minimum absolute atomic E-state index is 0.112. The minimum atomic E-state index is -0.444. The van der Waals surface area contributed by atoms with E-state index >= 15 is 0 Å². The number of hydrogen-bond donors (Lipinski definition) is 3. The fraction of sp³-hybridized carbons (Fsp3) is 0.467. The smallest absolute Gasteiger partial charge is 0.241 e. The number of carbonyl (C=O) groups is 2. The van der Waals surface area contributed by atoms with E-state index in [2.05, 4.69) is 16.0 Å². The molecule has 5 nitrogen and oxygen atoms in total. The van der Waals surface area contributed by atoms with Gasteiger partial charge in [-0.2, -0.15) is 0 Å². The quantitative estimate of drug-likeness (QED) is 0.764. The summed E-state index contributed by atoms with van der Waals surface area (Å²) in [6.07, 6.45) is 0. The molecule has 3 N–H and O–H groups in total. The van der Waals surface area contributed by atoms with Crippen molar-refractivity contribution < 1.29 is 9.59 Å². The molecule has 1 unspecified atom stereocenters. The topological polar surface area (TPSA) is 70.2 Å². The number of benzene rings is 1. The Kier molecular flexibility index (Phi) is 5.70. The average Bonchev–Trinajstić information content (AvgIpc) is 2.35. The molecule has 0 bridgehead atoms. The molecule has 2 amide bonds. The standard InChI is InChI=1S/C15H23N3O2/c1-11(16-10-13(19)18-15(2,3)4)14(20)17-12-8-6-5-7-9-12/h5-9,11,16H,10H2,1-4H3,(H,17,20)(H,18,19). The van der Waals surface area contributed by atoms with E-state index in [1.54, 1.807) is 6.92 Å². The van der Waals surface area contributed by atoms with E-state index in [0.29, 0.717) is 0 Å². The Morgan fingerprint density at radius 3 is 2.30 bits per heavy atom. The van der Waals surface area contributed by atoms with Gasteiger partial charge in [0.1, 0.15) is 0 Å². The van der Waals surface area contributed by atoms with Gasteiger partial charge in [0.15, 0.2) is 0 Å². The lowest BCUT2D eigenvalue weighted by molar-refractivity contribution is -0.122. The van der Waals surface area contributed by atoms with Gasteiger partial charge in [-0.1, -0.05) is 18.2 Å². The summed E-state index contributed by atoms with van der Waals surface area (Å²) in [5.74, 6) is -0.295. The van der Waals surface area contributed by atoms with Gasteiger partial charge in [0, 0.05) is 11.2 Å². The van der Waals surface area contributed by atoms with Crippen molar-refractivity contribution in [1.82, 2.24) is 10.6 Å². The van der Waals surface area contributed by atoms with Crippen molar-refractivity contribution in [2.75, 3.05) is 11.9 Å². The molecule has 0 saturated heterocycles. The van der Waals surface area contributed by atoms with Gasteiger partial charge >= 0.3 is 0 Å². The maximum absolute atomic E-state index is 11.9. The first-order chi connectivity index (χ1) is 9.28. The van der Waals surface area contributed by atoms with Gasteiger partial charge in [-0.05, 0) is 39.8 Å². The summed E-state index contributed by atoms with van der Waals surface area (Å²) >= 11 is 0. The van der Waals surface area contributed by atoms with E-state index in [1.165, 1.54) is 0 Å². The first kappa shape index (κ1) is 16.2. The van der Waals surface area contributed by atoms with Gasteiger partial charge < -0.3 is 10.6 Å². The molecule has 1 atom stereocenters. The molecule has 0 radical (unpaired) electrons. The van der Waals surface area contributed by atoms with E-state index in [-0.39, 0.29) is 23.9 Å². The number of hydrogen-bond acceptors (Lipinski definition) is 3. The lowest BCUT2D eigenvalue weighted by atomic mass is 10.1. The maximum Gasteiger partial charge on any atom is 0.241 e. The predicted octanol–water partition coefficient (Wildman–Crippen LogP) is 1.52. The van der Waals surface area contributed by atoms with Gasteiger partial charge in [-0.15, -0.1) is 0 Å². The second kappa shape index (κ2) is 7.05. The molecule has 5 heteroatoms. The van der Waals surface area contributed by atoms with Crippen LogP contribution >= 0.6 is 0 Å². The van der Waals surface area contributed by atoms with Gasteiger partial charge in [-0.25, -0.2) is 0 Å². The van der Waals surface area contributed by atoms with Crippen LogP contribution in [0.5, 0.6) is 0 Å². The predicted molar refractivity (Wildman–Crippen MR) is 80.4 cm³/mol. The van der Waals surface area contributed by atoms with Crippen LogP contribution in [0.1, 0.15) is 27.7 Å². The zero-order chi connectivity index (χ0) is 15.2. The SMILES string of the molecule is CC(NCC(=O)NC(C)(C)C)C(=O)Nc1ccccc1. The van der Waals surface area contributed by atoms with Crippen LogP contribution in [0.3, 0.4) is 0 Å². The molecule has 0 spiro atoms. The third kappa shape index (κ3) is 6.33. The van der Waals surface area contributed by atoms with E-state index in [1.807, 2.05) is 51.1 Å². The van der Waals surface area contributed by atoms with Crippen molar-refractivity contribution in [3.8, 4) is 0 Å². The summed E-state index contributed by atoms with van der Waals surface area (Å²) in [4.78, 5) is 23.5. The van der Waals surface area contributed by atoms with Crippen LogP contribution in [-0.2, 0) is 9.59 Å². The molecule has 0 fully saturated rings. The Labute approximate surface area is 120 Å². The molecule has 0 aliphatic heterocycles. The summed E-state index contributed by atoms with van der Waals surface area (Å²) in [6.45, 7) is 7.58. The number of amides is 2. The first-order valence-electron chi connectivity index (χ1n) is 6.68. The summed E-state index contributed by atoms with van der Waals surface area (Å²) in [7, 11) is 0. The van der Waals surface area contributed by atoms with Crippen molar-refractivity contribution in [3.05, 3.63) is 30.3 Å². The molecule has 0 heterocycles.